The lowest BCUT2D eigenvalue weighted by atomic mass is 9.91. The zero-order valence-electron chi connectivity index (χ0n) is 13.8. The van der Waals surface area contributed by atoms with Crippen LogP contribution in [0.5, 0.6) is 0 Å². The van der Waals surface area contributed by atoms with Gasteiger partial charge in [0.1, 0.15) is 5.54 Å². The molecule has 0 aliphatic carbocycles. The largest absolute Gasteiger partial charge is 0.348 e. The summed E-state index contributed by atoms with van der Waals surface area (Å²) in [5, 5.41) is 10.9. The minimum atomic E-state index is -1.11. The van der Waals surface area contributed by atoms with E-state index >= 15 is 0 Å². The first-order valence-corrected chi connectivity index (χ1v) is 7.90. The van der Waals surface area contributed by atoms with Gasteiger partial charge >= 0.3 is 6.03 Å². The third kappa shape index (κ3) is 4.00. The molecule has 1 aromatic rings. The Kier molecular flexibility index (Phi) is 5.81. The lowest BCUT2D eigenvalue weighted by Gasteiger charge is -2.21. The molecule has 1 atom stereocenters. The second-order valence-electron chi connectivity index (χ2n) is 6.11. The molecule has 2 aliphatic heterocycles. The lowest BCUT2D eigenvalue weighted by molar-refractivity contribution is -0.123. The molecule has 4 amide bonds. The third-order valence-electron chi connectivity index (χ3n) is 4.40. The predicted octanol–water partition coefficient (Wildman–Crippen LogP) is 0.813. The number of carbonyl (C=O) groups is 3. The van der Waals surface area contributed by atoms with Crippen LogP contribution in [0.4, 0.5) is 4.79 Å². The molecule has 0 aromatic heterocycles. The Morgan fingerprint density at radius 3 is 2.52 bits per heavy atom. The van der Waals surface area contributed by atoms with Gasteiger partial charge in [0.15, 0.2) is 0 Å². The molecular formula is C17H21ClN4O3. The molecule has 8 heteroatoms. The number of hydrogen-bond acceptors (Lipinski definition) is 4. The average molecular weight is 365 g/mol. The van der Waals surface area contributed by atoms with Crippen molar-refractivity contribution in [3.63, 3.8) is 0 Å². The molecule has 1 aromatic carbocycles. The van der Waals surface area contributed by atoms with Crippen molar-refractivity contribution < 1.29 is 14.4 Å². The van der Waals surface area contributed by atoms with Gasteiger partial charge in [0.05, 0.1) is 0 Å². The maximum Gasteiger partial charge on any atom is 0.322 e. The van der Waals surface area contributed by atoms with Crippen LogP contribution in [-0.2, 0) is 10.3 Å². The minimum Gasteiger partial charge on any atom is -0.348 e. The van der Waals surface area contributed by atoms with E-state index in [2.05, 4.69) is 27.3 Å². The van der Waals surface area contributed by atoms with Crippen LogP contribution in [0.25, 0.3) is 0 Å². The van der Waals surface area contributed by atoms with E-state index < -0.39 is 17.5 Å². The number of benzene rings is 1. The van der Waals surface area contributed by atoms with E-state index in [0.717, 1.165) is 19.5 Å². The van der Waals surface area contributed by atoms with Gasteiger partial charge in [0, 0.05) is 18.7 Å². The number of imide groups is 1. The topological polar surface area (TPSA) is 99.3 Å². The summed E-state index contributed by atoms with van der Waals surface area (Å²) in [7, 11) is 0. The Hall–Kier alpha value is -2.38. The Labute approximate surface area is 152 Å². The molecule has 4 N–H and O–H groups in total. The number of urea groups is 1. The molecule has 25 heavy (non-hydrogen) atoms. The smallest absolute Gasteiger partial charge is 0.322 e. The van der Waals surface area contributed by atoms with E-state index in [1.165, 1.54) is 5.57 Å². The first-order valence-electron chi connectivity index (χ1n) is 7.90. The summed E-state index contributed by atoms with van der Waals surface area (Å²) in [5.74, 6) is -0.561. The monoisotopic (exact) mass is 364 g/mol. The van der Waals surface area contributed by atoms with E-state index in [1.807, 2.05) is 0 Å². The van der Waals surface area contributed by atoms with E-state index in [1.54, 1.807) is 31.2 Å². The van der Waals surface area contributed by atoms with Crippen molar-refractivity contribution in [1.82, 2.24) is 21.3 Å². The maximum atomic E-state index is 12.2. The van der Waals surface area contributed by atoms with Gasteiger partial charge in [-0.15, -0.1) is 12.4 Å². The van der Waals surface area contributed by atoms with E-state index in [9.17, 15) is 14.4 Å². The fourth-order valence-corrected chi connectivity index (χ4v) is 2.83. The predicted molar refractivity (Wildman–Crippen MR) is 95.6 cm³/mol. The zero-order valence-corrected chi connectivity index (χ0v) is 14.7. The molecule has 0 radical (unpaired) electrons. The van der Waals surface area contributed by atoms with Gasteiger partial charge in [-0.05, 0) is 37.6 Å². The summed E-state index contributed by atoms with van der Waals surface area (Å²) in [6.07, 6.45) is 3.03. The summed E-state index contributed by atoms with van der Waals surface area (Å²) in [4.78, 5) is 35.5. The summed E-state index contributed by atoms with van der Waals surface area (Å²) < 4.78 is 0. The standard InChI is InChI=1S/C17H20N4O3.ClH/c1-17(15(23)20-16(24)21-17)13-4-2-12(3-5-13)14(22)19-10-11-6-8-18-9-7-11;/h2-6,18H,7-10H2,1H3,(H,19,22)(H2,20,21,23,24);1H. The van der Waals surface area contributed by atoms with E-state index in [4.69, 9.17) is 0 Å². The van der Waals surface area contributed by atoms with Crippen LogP contribution in [0.1, 0.15) is 29.3 Å². The van der Waals surface area contributed by atoms with Crippen molar-refractivity contribution in [1.29, 1.82) is 0 Å². The van der Waals surface area contributed by atoms with Crippen molar-refractivity contribution in [2.75, 3.05) is 19.6 Å². The van der Waals surface area contributed by atoms with Crippen LogP contribution in [0.2, 0.25) is 0 Å². The van der Waals surface area contributed by atoms with Crippen LogP contribution in [0, 0.1) is 0 Å². The number of carbonyl (C=O) groups excluding carboxylic acids is 3. The molecule has 0 spiro atoms. The third-order valence-corrected chi connectivity index (χ3v) is 4.40. The van der Waals surface area contributed by atoms with Gasteiger partial charge < -0.3 is 16.0 Å². The molecule has 0 saturated carbocycles. The fraction of sp³-hybridized carbons (Fsp3) is 0.353. The van der Waals surface area contributed by atoms with Crippen LogP contribution >= 0.6 is 12.4 Å². The second-order valence-corrected chi connectivity index (χ2v) is 6.11. The summed E-state index contributed by atoms with van der Waals surface area (Å²) >= 11 is 0. The van der Waals surface area contributed by atoms with E-state index in [-0.39, 0.29) is 18.3 Å². The number of rotatable bonds is 4. The Balaban J connectivity index is 0.00000225. The molecular weight excluding hydrogens is 344 g/mol. The number of amides is 4. The van der Waals surface area contributed by atoms with E-state index in [0.29, 0.717) is 17.7 Å². The number of hydrogen-bond donors (Lipinski definition) is 4. The summed E-state index contributed by atoms with van der Waals surface area (Å²) in [6, 6.07) is 6.17. The van der Waals surface area contributed by atoms with Crippen LogP contribution in [0.15, 0.2) is 35.9 Å². The highest BCUT2D eigenvalue weighted by Crippen LogP contribution is 2.24. The van der Waals surface area contributed by atoms with Crippen LogP contribution < -0.4 is 21.3 Å². The minimum absolute atomic E-state index is 0. The van der Waals surface area contributed by atoms with Crippen LogP contribution in [-0.4, -0.2) is 37.5 Å². The highest BCUT2D eigenvalue weighted by Gasteiger charge is 2.43. The van der Waals surface area contributed by atoms with Crippen molar-refractivity contribution >= 4 is 30.3 Å². The van der Waals surface area contributed by atoms with Crippen molar-refractivity contribution in [2.24, 2.45) is 0 Å². The Morgan fingerprint density at radius 2 is 1.96 bits per heavy atom. The maximum absolute atomic E-state index is 12.2. The molecule has 3 rings (SSSR count). The molecule has 2 aliphatic rings. The average Bonchev–Trinajstić information content (AvgIpc) is 2.87. The molecule has 0 bridgehead atoms. The Bertz CT molecular complexity index is 717. The summed E-state index contributed by atoms with van der Waals surface area (Å²) in [5.41, 5.74) is 1.26. The number of nitrogens with one attached hydrogen (secondary N) is 4. The quantitative estimate of drug-likeness (QED) is 0.469. The summed E-state index contributed by atoms with van der Waals surface area (Å²) in [6.45, 7) is 3.94. The van der Waals surface area contributed by atoms with Gasteiger partial charge in [0.25, 0.3) is 11.8 Å². The zero-order chi connectivity index (χ0) is 17.2. The molecule has 1 fully saturated rings. The highest BCUT2D eigenvalue weighted by atomic mass is 35.5. The van der Waals surface area contributed by atoms with Crippen molar-refractivity contribution in [2.45, 2.75) is 18.9 Å². The molecule has 1 saturated heterocycles. The van der Waals surface area contributed by atoms with Crippen LogP contribution in [0.3, 0.4) is 0 Å². The normalized spacial score (nSPS) is 22.4. The number of halogens is 1. The van der Waals surface area contributed by atoms with Gasteiger partial charge in [-0.3, -0.25) is 14.9 Å². The first-order chi connectivity index (χ1) is 11.5. The highest BCUT2D eigenvalue weighted by molar-refractivity contribution is 6.07. The fourth-order valence-electron chi connectivity index (χ4n) is 2.83. The SMILES string of the molecule is CC1(c2ccc(C(=O)NCC3=CCNCC3)cc2)NC(=O)NC1=O.Cl. The van der Waals surface area contributed by atoms with Gasteiger partial charge in [0.2, 0.25) is 0 Å². The molecule has 2 heterocycles. The van der Waals surface area contributed by atoms with Gasteiger partial charge in [-0.25, -0.2) is 4.79 Å². The Morgan fingerprint density at radius 1 is 1.24 bits per heavy atom. The van der Waals surface area contributed by atoms with Crippen molar-refractivity contribution in [3.8, 4) is 0 Å². The lowest BCUT2D eigenvalue weighted by Crippen LogP contribution is -2.40. The second kappa shape index (κ2) is 7.67. The van der Waals surface area contributed by atoms with Crippen molar-refractivity contribution in [3.05, 3.63) is 47.0 Å². The van der Waals surface area contributed by atoms with Gasteiger partial charge in [-0.1, -0.05) is 23.8 Å². The molecule has 134 valence electrons. The first kappa shape index (κ1) is 19.0. The van der Waals surface area contributed by atoms with Gasteiger partial charge in [-0.2, -0.15) is 0 Å². The molecule has 1 unspecified atom stereocenters. The molecule has 7 nitrogen and oxygen atoms in total.